The van der Waals surface area contributed by atoms with Gasteiger partial charge in [0, 0.05) is 0 Å². The molecule has 0 aliphatic heterocycles. The van der Waals surface area contributed by atoms with Crippen LogP contribution in [0.4, 0.5) is 0 Å². The molecule has 108 valence electrons. The maximum Gasteiger partial charge on any atom is 1.00 e. The average molecular weight is 335 g/mol. The second-order valence-corrected chi connectivity index (χ2v) is 4.95. The van der Waals surface area contributed by atoms with Gasteiger partial charge in [-0.05, 0) is 0 Å². The zero-order valence-corrected chi connectivity index (χ0v) is 13.1. The second-order valence-electron chi connectivity index (χ2n) is 4.95. The average Bonchev–Trinajstić information content (AvgIpc) is 2.31. The van der Waals surface area contributed by atoms with Crippen LogP contribution in [0, 0.1) is 0 Å². The van der Waals surface area contributed by atoms with Gasteiger partial charge in [0.1, 0.15) is 0 Å². The number of hydrogen-bond donors (Lipinski definition) is 0. The number of hydrogen-bond acceptors (Lipinski definition) is 1. The summed E-state index contributed by atoms with van der Waals surface area (Å²) in [5.41, 5.74) is 0. The van der Waals surface area contributed by atoms with E-state index < -0.39 is 0 Å². The first-order chi connectivity index (χ1) is 7.91. The van der Waals surface area contributed by atoms with E-state index in [1.165, 1.54) is 70.6 Å². The van der Waals surface area contributed by atoms with Crippen LogP contribution in [0.5, 0.6) is 0 Å². The van der Waals surface area contributed by atoms with Crippen molar-refractivity contribution in [3.63, 3.8) is 0 Å². The Bertz CT molecular complexity index is 103. The van der Waals surface area contributed by atoms with Crippen molar-refractivity contribution in [1.82, 2.24) is 0 Å². The van der Waals surface area contributed by atoms with E-state index in [1.807, 2.05) is 0 Å². The molecule has 2 heteroatoms. The van der Waals surface area contributed by atoms with Crippen LogP contribution in [0.25, 0.3) is 0 Å². The summed E-state index contributed by atoms with van der Waals surface area (Å²) in [4.78, 5) is 0. The molecule has 17 heavy (non-hydrogen) atoms. The molecule has 0 fully saturated rings. The standard InChI is InChI=1S/C15H31O.Ag/c1-2-3-4-5-6-7-8-9-10-11-12-13-14-15-16;/h2-15H2,1H3;/q-1;+1. The molecule has 0 atom stereocenters. The minimum atomic E-state index is 0. The Kier molecular flexibility index (Phi) is 22.4. The first-order valence-electron chi connectivity index (χ1n) is 7.50. The van der Waals surface area contributed by atoms with Crippen LogP contribution in [0.3, 0.4) is 0 Å². The SMILES string of the molecule is CCCCCCCCCCCCCCC[O-].[Ag+]. The molecule has 0 saturated heterocycles. The van der Waals surface area contributed by atoms with E-state index in [0.29, 0.717) is 0 Å². The van der Waals surface area contributed by atoms with Crippen LogP contribution in [0.15, 0.2) is 0 Å². The van der Waals surface area contributed by atoms with E-state index in [-0.39, 0.29) is 29.0 Å². The molecule has 0 aromatic rings. The van der Waals surface area contributed by atoms with Crippen molar-refractivity contribution in [2.45, 2.75) is 90.4 Å². The fourth-order valence-electron chi connectivity index (χ4n) is 2.12. The number of unbranched alkanes of at least 4 members (excludes halogenated alkanes) is 12. The maximum absolute atomic E-state index is 10.2. The predicted octanol–water partition coefficient (Wildman–Crippen LogP) is 4.44. The molecule has 0 heterocycles. The monoisotopic (exact) mass is 334 g/mol. The zero-order valence-electron chi connectivity index (χ0n) is 11.6. The smallest absolute Gasteiger partial charge is 0.854 e. The minimum Gasteiger partial charge on any atom is -0.854 e. The van der Waals surface area contributed by atoms with E-state index in [9.17, 15) is 5.11 Å². The van der Waals surface area contributed by atoms with Crippen LogP contribution in [0.2, 0.25) is 0 Å². The summed E-state index contributed by atoms with van der Waals surface area (Å²) in [7, 11) is 0. The van der Waals surface area contributed by atoms with Crippen LogP contribution in [-0.2, 0) is 22.4 Å². The molecule has 0 saturated carbocycles. The van der Waals surface area contributed by atoms with Crippen molar-refractivity contribution >= 4 is 0 Å². The van der Waals surface area contributed by atoms with Gasteiger partial charge in [-0.1, -0.05) is 90.4 Å². The van der Waals surface area contributed by atoms with Gasteiger partial charge in [0.15, 0.2) is 0 Å². The van der Waals surface area contributed by atoms with Crippen LogP contribution >= 0.6 is 0 Å². The molecule has 0 spiro atoms. The van der Waals surface area contributed by atoms with Crippen LogP contribution in [0.1, 0.15) is 90.4 Å². The molecular weight excluding hydrogens is 304 g/mol. The van der Waals surface area contributed by atoms with E-state index in [4.69, 9.17) is 0 Å². The van der Waals surface area contributed by atoms with Gasteiger partial charge in [0.2, 0.25) is 0 Å². The third-order valence-electron chi connectivity index (χ3n) is 3.25. The van der Waals surface area contributed by atoms with Gasteiger partial charge in [0.05, 0.1) is 0 Å². The Hall–Kier alpha value is 0.700. The zero-order chi connectivity index (χ0) is 11.9. The predicted molar refractivity (Wildman–Crippen MR) is 70.6 cm³/mol. The van der Waals surface area contributed by atoms with Crippen molar-refractivity contribution in [2.75, 3.05) is 6.61 Å². The Balaban J connectivity index is 0. The molecule has 0 aromatic carbocycles. The van der Waals surface area contributed by atoms with Crippen molar-refractivity contribution in [1.29, 1.82) is 0 Å². The summed E-state index contributed by atoms with van der Waals surface area (Å²) in [6, 6.07) is 0. The maximum atomic E-state index is 10.2. The molecular formula is C15H31AgO. The van der Waals surface area contributed by atoms with Gasteiger partial charge in [-0.2, -0.15) is 0 Å². The van der Waals surface area contributed by atoms with Gasteiger partial charge >= 0.3 is 22.4 Å². The molecule has 0 radical (unpaired) electrons. The van der Waals surface area contributed by atoms with Crippen molar-refractivity contribution in [2.24, 2.45) is 0 Å². The summed E-state index contributed by atoms with van der Waals surface area (Å²) in [6.45, 7) is 2.39. The first-order valence-corrected chi connectivity index (χ1v) is 7.50. The third kappa shape index (κ3) is 19.2. The fourth-order valence-corrected chi connectivity index (χ4v) is 2.12. The summed E-state index contributed by atoms with van der Waals surface area (Å²) in [5, 5.41) is 10.2. The summed E-state index contributed by atoms with van der Waals surface area (Å²) in [6.07, 6.45) is 17.4. The molecule has 0 aromatic heterocycles. The van der Waals surface area contributed by atoms with Crippen LogP contribution < -0.4 is 5.11 Å². The largest absolute Gasteiger partial charge is 1.00 e. The third-order valence-corrected chi connectivity index (χ3v) is 3.25. The molecule has 0 rings (SSSR count). The van der Waals surface area contributed by atoms with E-state index in [0.717, 1.165) is 12.8 Å². The van der Waals surface area contributed by atoms with Gasteiger partial charge in [-0.3, -0.25) is 0 Å². The van der Waals surface area contributed by atoms with E-state index >= 15 is 0 Å². The quantitative estimate of drug-likeness (QED) is 0.361. The van der Waals surface area contributed by atoms with Crippen LogP contribution in [-0.4, -0.2) is 6.61 Å². The summed E-state index contributed by atoms with van der Waals surface area (Å²) >= 11 is 0. The molecule has 0 aliphatic carbocycles. The van der Waals surface area contributed by atoms with Gasteiger partial charge < -0.3 is 5.11 Å². The van der Waals surface area contributed by atoms with Gasteiger partial charge in [-0.25, -0.2) is 0 Å². The topological polar surface area (TPSA) is 23.1 Å². The van der Waals surface area contributed by atoms with E-state index in [1.54, 1.807) is 0 Å². The fraction of sp³-hybridized carbons (Fsp3) is 1.00. The first kappa shape index (κ1) is 20.0. The van der Waals surface area contributed by atoms with Crippen molar-refractivity contribution in [3.05, 3.63) is 0 Å². The Morgan fingerprint density at radius 1 is 0.529 bits per heavy atom. The Morgan fingerprint density at radius 3 is 1.12 bits per heavy atom. The van der Waals surface area contributed by atoms with Gasteiger partial charge in [0.25, 0.3) is 0 Å². The molecule has 0 unspecified atom stereocenters. The second kappa shape index (κ2) is 19.0. The normalized spacial score (nSPS) is 10.2. The summed E-state index contributed by atoms with van der Waals surface area (Å²) in [5.74, 6) is 0. The minimum absolute atomic E-state index is 0. The molecule has 0 N–H and O–H groups in total. The molecule has 0 amide bonds. The van der Waals surface area contributed by atoms with Crippen molar-refractivity contribution in [3.8, 4) is 0 Å². The summed E-state index contributed by atoms with van der Waals surface area (Å²) < 4.78 is 0. The molecule has 0 aliphatic rings. The number of rotatable bonds is 13. The molecule has 0 bridgehead atoms. The van der Waals surface area contributed by atoms with Gasteiger partial charge in [-0.15, -0.1) is 6.61 Å². The van der Waals surface area contributed by atoms with Crippen molar-refractivity contribution < 1.29 is 27.5 Å². The van der Waals surface area contributed by atoms with E-state index in [2.05, 4.69) is 6.92 Å². The molecule has 1 nitrogen and oxygen atoms in total. The Labute approximate surface area is 124 Å². The Morgan fingerprint density at radius 2 is 0.824 bits per heavy atom.